The summed E-state index contributed by atoms with van der Waals surface area (Å²) in [6.07, 6.45) is 3.70. The van der Waals surface area contributed by atoms with Crippen LogP contribution in [0.5, 0.6) is 0 Å². The molecule has 2 amide bonds. The lowest BCUT2D eigenvalue weighted by molar-refractivity contribution is -0.131. The molecule has 0 radical (unpaired) electrons. The zero-order valence-corrected chi connectivity index (χ0v) is 11.7. The molecule has 110 valence electrons. The Labute approximate surface area is 118 Å². The highest BCUT2D eigenvalue weighted by Crippen LogP contribution is 2.22. The number of likely N-dealkylation sites (tertiary alicyclic amines) is 1. The highest BCUT2D eigenvalue weighted by molar-refractivity contribution is 5.90. The average molecular weight is 279 g/mol. The molecule has 1 unspecified atom stereocenters. The number of nitrogens with two attached hydrogens (primary N) is 1. The second-order valence-corrected chi connectivity index (χ2v) is 5.16. The zero-order valence-electron chi connectivity index (χ0n) is 11.7. The van der Waals surface area contributed by atoms with Crippen molar-refractivity contribution in [3.8, 4) is 0 Å². The predicted molar refractivity (Wildman–Crippen MR) is 73.4 cm³/mol. The van der Waals surface area contributed by atoms with Gasteiger partial charge in [-0.25, -0.2) is 5.84 Å². The van der Waals surface area contributed by atoms with Gasteiger partial charge in [-0.05, 0) is 30.9 Å². The van der Waals surface area contributed by atoms with E-state index in [1.807, 2.05) is 5.43 Å². The number of nitrogen functional groups attached to an aromatic ring is 1. The molecule has 20 heavy (non-hydrogen) atoms. The van der Waals surface area contributed by atoms with Crippen molar-refractivity contribution in [1.29, 1.82) is 0 Å². The Balaban J connectivity index is 1.99. The lowest BCUT2D eigenvalue weighted by atomic mass is 9.98. The van der Waals surface area contributed by atoms with Gasteiger partial charge in [-0.2, -0.15) is 0 Å². The molecule has 6 heteroatoms. The van der Waals surface area contributed by atoms with Gasteiger partial charge < -0.3 is 9.32 Å². The summed E-state index contributed by atoms with van der Waals surface area (Å²) in [6.45, 7) is 3.32. The van der Waals surface area contributed by atoms with E-state index in [1.54, 1.807) is 17.0 Å². The van der Waals surface area contributed by atoms with Crippen molar-refractivity contribution in [2.75, 3.05) is 6.54 Å². The van der Waals surface area contributed by atoms with E-state index in [2.05, 4.69) is 6.92 Å². The topological polar surface area (TPSA) is 88.6 Å². The number of hydrazine groups is 1. The van der Waals surface area contributed by atoms with Gasteiger partial charge in [0.1, 0.15) is 5.76 Å². The summed E-state index contributed by atoms with van der Waals surface area (Å²) in [5.41, 5.74) is 2.02. The first-order valence-electron chi connectivity index (χ1n) is 7.01. The Morgan fingerprint density at radius 1 is 1.50 bits per heavy atom. The van der Waals surface area contributed by atoms with Crippen molar-refractivity contribution in [2.24, 2.45) is 11.8 Å². The predicted octanol–water partition coefficient (Wildman–Crippen LogP) is 1.42. The maximum Gasteiger partial charge on any atom is 0.300 e. The molecule has 1 aromatic rings. The van der Waals surface area contributed by atoms with E-state index in [4.69, 9.17) is 10.3 Å². The number of nitrogens with zero attached hydrogens (tertiary/aromatic N) is 1. The molecular weight excluding hydrogens is 258 g/mol. The van der Waals surface area contributed by atoms with Gasteiger partial charge in [-0.3, -0.25) is 15.0 Å². The smallest absolute Gasteiger partial charge is 0.300 e. The van der Waals surface area contributed by atoms with Crippen molar-refractivity contribution in [3.05, 3.63) is 23.7 Å². The van der Waals surface area contributed by atoms with Crippen molar-refractivity contribution < 1.29 is 14.0 Å². The molecule has 1 saturated heterocycles. The number of amides is 2. The summed E-state index contributed by atoms with van der Waals surface area (Å²) in [7, 11) is 0. The van der Waals surface area contributed by atoms with Gasteiger partial charge in [0.05, 0.1) is 6.54 Å². The minimum absolute atomic E-state index is 0.155. The van der Waals surface area contributed by atoms with E-state index in [-0.39, 0.29) is 11.7 Å². The van der Waals surface area contributed by atoms with Gasteiger partial charge >= 0.3 is 5.91 Å². The van der Waals surface area contributed by atoms with Crippen LogP contribution in [0.1, 0.15) is 48.9 Å². The minimum Gasteiger partial charge on any atom is -0.454 e. The molecule has 1 atom stereocenters. The standard InChI is InChI=1S/C14H21N3O3/c1-2-10-3-6-13(18)17(8-7-10)9-11-4-5-12(20-11)14(19)16-15/h4-5,10H,2-3,6-9,15H2,1H3,(H,16,19). The van der Waals surface area contributed by atoms with Gasteiger partial charge in [0.25, 0.3) is 0 Å². The van der Waals surface area contributed by atoms with Crippen molar-refractivity contribution in [2.45, 2.75) is 39.2 Å². The highest BCUT2D eigenvalue weighted by Gasteiger charge is 2.22. The third kappa shape index (κ3) is 3.39. The van der Waals surface area contributed by atoms with Crippen molar-refractivity contribution >= 4 is 11.8 Å². The second-order valence-electron chi connectivity index (χ2n) is 5.16. The molecular formula is C14H21N3O3. The molecule has 6 nitrogen and oxygen atoms in total. The molecule has 1 aromatic heterocycles. The quantitative estimate of drug-likeness (QED) is 0.495. The maximum atomic E-state index is 12.1. The Morgan fingerprint density at radius 2 is 2.30 bits per heavy atom. The number of hydrogen-bond donors (Lipinski definition) is 2. The third-order valence-corrected chi connectivity index (χ3v) is 3.87. The first-order chi connectivity index (χ1) is 9.63. The van der Waals surface area contributed by atoms with Gasteiger partial charge in [0, 0.05) is 13.0 Å². The second kappa shape index (κ2) is 6.56. The molecule has 2 heterocycles. The third-order valence-electron chi connectivity index (χ3n) is 3.87. The largest absolute Gasteiger partial charge is 0.454 e. The number of carbonyl (C=O) groups is 2. The van der Waals surface area contributed by atoms with Crippen LogP contribution in [0.25, 0.3) is 0 Å². The number of rotatable bonds is 4. The molecule has 1 aliphatic heterocycles. The van der Waals surface area contributed by atoms with Gasteiger partial charge in [0.2, 0.25) is 5.91 Å². The Kier molecular flexibility index (Phi) is 4.79. The van der Waals surface area contributed by atoms with Crippen LogP contribution in [-0.4, -0.2) is 23.3 Å². The molecule has 2 rings (SSSR count). The molecule has 0 bridgehead atoms. The van der Waals surface area contributed by atoms with Gasteiger partial charge in [-0.1, -0.05) is 13.3 Å². The molecule has 1 fully saturated rings. The number of furan rings is 1. The monoisotopic (exact) mass is 279 g/mol. The summed E-state index contributed by atoms with van der Waals surface area (Å²) >= 11 is 0. The highest BCUT2D eigenvalue weighted by atomic mass is 16.4. The number of nitrogens with one attached hydrogen (secondary N) is 1. The number of carbonyl (C=O) groups excluding carboxylic acids is 2. The van der Waals surface area contributed by atoms with Crippen LogP contribution in [-0.2, 0) is 11.3 Å². The van der Waals surface area contributed by atoms with E-state index in [9.17, 15) is 9.59 Å². The summed E-state index contributed by atoms with van der Waals surface area (Å²) in [5, 5.41) is 0. The van der Waals surface area contributed by atoms with Crippen LogP contribution < -0.4 is 11.3 Å². The van der Waals surface area contributed by atoms with E-state index in [0.717, 1.165) is 25.8 Å². The Hall–Kier alpha value is -1.82. The molecule has 0 aliphatic carbocycles. The molecule has 0 saturated carbocycles. The van der Waals surface area contributed by atoms with E-state index < -0.39 is 5.91 Å². The summed E-state index contributed by atoms with van der Waals surface area (Å²) in [4.78, 5) is 25.2. The van der Waals surface area contributed by atoms with Crippen molar-refractivity contribution in [1.82, 2.24) is 10.3 Å². The van der Waals surface area contributed by atoms with Crippen molar-refractivity contribution in [3.63, 3.8) is 0 Å². The minimum atomic E-state index is -0.468. The summed E-state index contributed by atoms with van der Waals surface area (Å²) in [6, 6.07) is 3.27. The van der Waals surface area contributed by atoms with Crippen LogP contribution >= 0.6 is 0 Å². The molecule has 1 aliphatic rings. The van der Waals surface area contributed by atoms with E-state index >= 15 is 0 Å². The van der Waals surface area contributed by atoms with Gasteiger partial charge in [0.15, 0.2) is 5.76 Å². The Bertz CT molecular complexity index is 484. The van der Waals surface area contributed by atoms with Gasteiger partial charge in [-0.15, -0.1) is 0 Å². The lowest BCUT2D eigenvalue weighted by Crippen LogP contribution is -2.30. The SMILES string of the molecule is CCC1CCC(=O)N(Cc2ccc(C(=O)NN)o2)CC1. The fourth-order valence-electron chi connectivity index (χ4n) is 2.51. The Morgan fingerprint density at radius 3 is 3.00 bits per heavy atom. The average Bonchev–Trinajstić information content (AvgIpc) is 2.85. The van der Waals surface area contributed by atoms with Crippen LogP contribution in [0.2, 0.25) is 0 Å². The molecule has 3 N–H and O–H groups in total. The number of hydrogen-bond acceptors (Lipinski definition) is 4. The maximum absolute atomic E-state index is 12.1. The fraction of sp³-hybridized carbons (Fsp3) is 0.571. The first-order valence-corrected chi connectivity index (χ1v) is 7.01. The van der Waals surface area contributed by atoms with E-state index in [0.29, 0.717) is 24.6 Å². The first kappa shape index (κ1) is 14.6. The lowest BCUT2D eigenvalue weighted by Gasteiger charge is -2.19. The van der Waals surface area contributed by atoms with Crippen LogP contribution in [0.4, 0.5) is 0 Å². The summed E-state index contributed by atoms with van der Waals surface area (Å²) in [5.74, 6) is 6.12. The van der Waals surface area contributed by atoms with Crippen LogP contribution in [0, 0.1) is 5.92 Å². The fourth-order valence-corrected chi connectivity index (χ4v) is 2.51. The van der Waals surface area contributed by atoms with Crippen LogP contribution in [0.3, 0.4) is 0 Å². The molecule has 0 spiro atoms. The van der Waals surface area contributed by atoms with E-state index in [1.165, 1.54) is 0 Å². The summed E-state index contributed by atoms with van der Waals surface area (Å²) < 4.78 is 5.40. The normalized spacial score (nSPS) is 19.8. The van der Waals surface area contributed by atoms with Crippen LogP contribution in [0.15, 0.2) is 16.5 Å². The zero-order chi connectivity index (χ0) is 14.5. The molecule has 0 aromatic carbocycles.